The quantitative estimate of drug-likeness (QED) is 0.737. The molecule has 0 atom stereocenters. The lowest BCUT2D eigenvalue weighted by atomic mass is 9.80. The molecule has 0 unspecified atom stereocenters. The van der Waals surface area contributed by atoms with Gasteiger partial charge in [-0.25, -0.2) is 0 Å². The summed E-state index contributed by atoms with van der Waals surface area (Å²) in [5, 5.41) is 10.1. The van der Waals surface area contributed by atoms with Gasteiger partial charge in [-0.05, 0) is 31.6 Å². The van der Waals surface area contributed by atoms with Crippen LogP contribution in [0.15, 0.2) is 0 Å². The number of aliphatic hydroxyl groups is 1. The Morgan fingerprint density at radius 1 is 1.00 bits per heavy atom. The summed E-state index contributed by atoms with van der Waals surface area (Å²) >= 11 is 0. The maximum Gasteiger partial charge on any atom is 0.0499 e. The minimum atomic E-state index is 0.202. The molecular formula is C18H35NO. The highest BCUT2D eigenvalue weighted by molar-refractivity contribution is 4.88. The molecule has 0 saturated heterocycles. The monoisotopic (exact) mass is 281 g/mol. The maximum atomic E-state index is 10.1. The molecule has 0 bridgehead atoms. The van der Waals surface area contributed by atoms with Crippen molar-refractivity contribution in [2.24, 2.45) is 11.3 Å². The zero-order valence-corrected chi connectivity index (χ0v) is 13.7. The van der Waals surface area contributed by atoms with Crippen LogP contribution in [0.5, 0.6) is 0 Å². The van der Waals surface area contributed by atoms with Gasteiger partial charge in [0, 0.05) is 31.2 Å². The van der Waals surface area contributed by atoms with Gasteiger partial charge in [-0.1, -0.05) is 52.4 Å². The van der Waals surface area contributed by atoms with Crippen LogP contribution >= 0.6 is 0 Å². The van der Waals surface area contributed by atoms with Gasteiger partial charge >= 0.3 is 0 Å². The van der Waals surface area contributed by atoms with Crippen molar-refractivity contribution in [3.8, 4) is 0 Å². The van der Waals surface area contributed by atoms with Gasteiger partial charge in [0.05, 0.1) is 0 Å². The van der Waals surface area contributed by atoms with E-state index in [1.165, 1.54) is 70.8 Å². The lowest BCUT2D eigenvalue weighted by Crippen LogP contribution is -2.45. The normalized spacial score (nSPS) is 24.4. The molecule has 20 heavy (non-hydrogen) atoms. The summed E-state index contributed by atoms with van der Waals surface area (Å²) in [5.74, 6) is 0.733. The van der Waals surface area contributed by atoms with Crippen LogP contribution < -0.4 is 0 Å². The first-order valence-electron chi connectivity index (χ1n) is 9.00. The highest BCUT2D eigenvalue weighted by Gasteiger charge is 2.35. The highest BCUT2D eigenvalue weighted by atomic mass is 16.3. The number of hydrogen-bond donors (Lipinski definition) is 1. The second-order valence-corrected chi connectivity index (χ2v) is 7.83. The van der Waals surface area contributed by atoms with Gasteiger partial charge in [0.25, 0.3) is 0 Å². The molecule has 2 heteroatoms. The summed E-state index contributed by atoms with van der Waals surface area (Å²) in [6.07, 6.45) is 13.4. The third-order valence-corrected chi connectivity index (χ3v) is 5.48. The van der Waals surface area contributed by atoms with E-state index in [4.69, 9.17) is 0 Å². The van der Waals surface area contributed by atoms with E-state index in [0.717, 1.165) is 18.5 Å². The number of aliphatic hydroxyl groups excluding tert-OH is 1. The zero-order valence-electron chi connectivity index (χ0n) is 13.7. The smallest absolute Gasteiger partial charge is 0.0499 e. The Balaban J connectivity index is 2.02. The molecule has 0 aromatic heterocycles. The van der Waals surface area contributed by atoms with Crippen molar-refractivity contribution in [3.63, 3.8) is 0 Å². The molecule has 1 N–H and O–H groups in total. The van der Waals surface area contributed by atoms with E-state index in [1.807, 2.05) is 0 Å². The van der Waals surface area contributed by atoms with Crippen LogP contribution in [0.2, 0.25) is 0 Å². The molecule has 2 fully saturated rings. The van der Waals surface area contributed by atoms with Crippen LogP contribution in [0.4, 0.5) is 0 Å². The van der Waals surface area contributed by atoms with Crippen molar-refractivity contribution < 1.29 is 5.11 Å². The average molecular weight is 281 g/mol. The fourth-order valence-corrected chi connectivity index (χ4v) is 4.36. The Hall–Kier alpha value is -0.0800. The van der Waals surface area contributed by atoms with E-state index < -0.39 is 0 Å². The van der Waals surface area contributed by atoms with Gasteiger partial charge in [-0.3, -0.25) is 4.90 Å². The second kappa shape index (κ2) is 7.79. The Bertz CT molecular complexity index is 263. The Kier molecular flexibility index (Phi) is 6.35. The van der Waals surface area contributed by atoms with Gasteiger partial charge in [0.1, 0.15) is 0 Å². The first kappa shape index (κ1) is 16.3. The van der Waals surface area contributed by atoms with Crippen LogP contribution in [0.3, 0.4) is 0 Å². The Morgan fingerprint density at radius 2 is 1.60 bits per heavy atom. The molecule has 2 saturated carbocycles. The van der Waals surface area contributed by atoms with E-state index in [-0.39, 0.29) is 5.41 Å². The first-order chi connectivity index (χ1) is 9.65. The topological polar surface area (TPSA) is 23.5 Å². The standard InChI is InChI=1S/C18H35NO/c1-16(2)13-19(17-9-5-6-10-17)14-18(15-20)11-7-3-4-8-12-18/h16-17,20H,3-15H2,1-2H3. The average Bonchev–Trinajstić information content (AvgIpc) is 2.85. The van der Waals surface area contributed by atoms with E-state index in [2.05, 4.69) is 18.7 Å². The van der Waals surface area contributed by atoms with Crippen molar-refractivity contribution >= 4 is 0 Å². The SMILES string of the molecule is CC(C)CN(CC1(CO)CCCCCC1)C1CCCC1. The largest absolute Gasteiger partial charge is 0.396 e. The summed E-state index contributed by atoms with van der Waals surface area (Å²) in [7, 11) is 0. The molecule has 2 rings (SSSR count). The van der Waals surface area contributed by atoms with Gasteiger partial charge < -0.3 is 5.11 Å². The van der Waals surface area contributed by atoms with E-state index in [1.54, 1.807) is 0 Å². The molecule has 2 nitrogen and oxygen atoms in total. The van der Waals surface area contributed by atoms with Gasteiger partial charge in [0.2, 0.25) is 0 Å². The zero-order chi connectivity index (χ0) is 14.4. The van der Waals surface area contributed by atoms with Crippen molar-refractivity contribution in [1.82, 2.24) is 4.90 Å². The van der Waals surface area contributed by atoms with Crippen molar-refractivity contribution in [2.75, 3.05) is 19.7 Å². The lowest BCUT2D eigenvalue weighted by Gasteiger charge is -2.40. The van der Waals surface area contributed by atoms with Gasteiger partial charge in [-0.2, -0.15) is 0 Å². The lowest BCUT2D eigenvalue weighted by molar-refractivity contribution is 0.0366. The molecule has 0 radical (unpaired) electrons. The summed E-state index contributed by atoms with van der Waals surface area (Å²) in [4.78, 5) is 2.75. The summed E-state index contributed by atoms with van der Waals surface area (Å²) in [6.45, 7) is 7.43. The fraction of sp³-hybridized carbons (Fsp3) is 1.00. The molecule has 0 amide bonds. The number of hydrogen-bond acceptors (Lipinski definition) is 2. The van der Waals surface area contributed by atoms with Crippen LogP contribution in [0.25, 0.3) is 0 Å². The van der Waals surface area contributed by atoms with Crippen LogP contribution in [-0.2, 0) is 0 Å². The van der Waals surface area contributed by atoms with E-state index in [0.29, 0.717) is 6.61 Å². The van der Waals surface area contributed by atoms with E-state index in [9.17, 15) is 5.11 Å². The van der Waals surface area contributed by atoms with Crippen molar-refractivity contribution in [1.29, 1.82) is 0 Å². The van der Waals surface area contributed by atoms with Crippen LogP contribution in [0, 0.1) is 11.3 Å². The van der Waals surface area contributed by atoms with Crippen LogP contribution in [0.1, 0.15) is 78.1 Å². The van der Waals surface area contributed by atoms with Crippen molar-refractivity contribution in [2.45, 2.75) is 84.1 Å². The fourth-order valence-electron chi connectivity index (χ4n) is 4.36. The Morgan fingerprint density at radius 3 is 2.10 bits per heavy atom. The molecule has 2 aliphatic carbocycles. The molecule has 0 aliphatic heterocycles. The molecule has 0 aromatic rings. The third-order valence-electron chi connectivity index (χ3n) is 5.48. The van der Waals surface area contributed by atoms with Crippen molar-refractivity contribution in [3.05, 3.63) is 0 Å². The molecule has 0 heterocycles. The summed E-state index contributed by atoms with van der Waals surface area (Å²) < 4.78 is 0. The predicted molar refractivity (Wildman–Crippen MR) is 85.9 cm³/mol. The molecule has 118 valence electrons. The molecule has 0 aromatic carbocycles. The number of nitrogens with zero attached hydrogens (tertiary/aromatic N) is 1. The minimum Gasteiger partial charge on any atom is -0.396 e. The summed E-state index contributed by atoms with van der Waals surface area (Å²) in [5.41, 5.74) is 0.202. The maximum absolute atomic E-state index is 10.1. The number of rotatable bonds is 6. The van der Waals surface area contributed by atoms with Gasteiger partial charge in [-0.15, -0.1) is 0 Å². The summed E-state index contributed by atoms with van der Waals surface area (Å²) in [6, 6.07) is 0.795. The second-order valence-electron chi connectivity index (χ2n) is 7.83. The Labute approximate surface area is 125 Å². The highest BCUT2D eigenvalue weighted by Crippen LogP contribution is 2.37. The minimum absolute atomic E-state index is 0.202. The predicted octanol–water partition coefficient (Wildman–Crippen LogP) is 4.22. The first-order valence-corrected chi connectivity index (χ1v) is 9.00. The van der Waals surface area contributed by atoms with E-state index >= 15 is 0 Å². The van der Waals surface area contributed by atoms with Crippen LogP contribution in [-0.4, -0.2) is 35.7 Å². The van der Waals surface area contributed by atoms with Gasteiger partial charge in [0.15, 0.2) is 0 Å². The molecular weight excluding hydrogens is 246 g/mol. The third kappa shape index (κ3) is 4.46. The molecule has 0 spiro atoms. The molecule has 2 aliphatic rings.